The molecule has 0 saturated carbocycles. The van der Waals surface area contributed by atoms with E-state index in [-0.39, 0.29) is 0 Å². The van der Waals surface area contributed by atoms with Gasteiger partial charge in [-0.3, -0.25) is 0 Å². The molecule has 1 fully saturated rings. The maximum Gasteiger partial charge on any atom is 0.103 e. The Morgan fingerprint density at radius 1 is 1.47 bits per heavy atom. The Labute approximate surface area is 119 Å². The van der Waals surface area contributed by atoms with Crippen LogP contribution in [0.25, 0.3) is 0 Å². The Bertz CT molecular complexity index is 470. The van der Waals surface area contributed by atoms with Crippen LogP contribution in [0.4, 0.5) is 5.69 Å². The van der Waals surface area contributed by atoms with Crippen molar-refractivity contribution < 1.29 is 4.74 Å². The summed E-state index contributed by atoms with van der Waals surface area (Å²) in [5.74, 6) is 0.985. The molecule has 2 rings (SSSR count). The summed E-state index contributed by atoms with van der Waals surface area (Å²) in [6.07, 6.45) is 1.04. The monoisotopic (exact) mass is 276 g/mol. The van der Waals surface area contributed by atoms with E-state index in [9.17, 15) is 5.26 Å². The van der Waals surface area contributed by atoms with Gasteiger partial charge in [-0.25, -0.2) is 0 Å². The first-order valence-corrected chi connectivity index (χ1v) is 7.80. The number of anilines is 1. The molecule has 1 unspecified atom stereocenters. The summed E-state index contributed by atoms with van der Waals surface area (Å²) in [4.78, 5) is 3.42. The Kier molecular flexibility index (Phi) is 5.12. The predicted molar refractivity (Wildman–Crippen MR) is 79.8 cm³/mol. The molecule has 1 aliphatic heterocycles. The average molecular weight is 276 g/mol. The molecule has 1 aliphatic rings. The van der Waals surface area contributed by atoms with E-state index in [1.54, 1.807) is 11.8 Å². The van der Waals surface area contributed by atoms with E-state index in [1.165, 1.54) is 0 Å². The van der Waals surface area contributed by atoms with Gasteiger partial charge in [0.05, 0.1) is 30.5 Å². The molecular weight excluding hydrogens is 256 g/mol. The first-order chi connectivity index (χ1) is 9.31. The SMILES string of the molecule is CCSc1cccc(N2CCOCC2CC)c1C#N. The molecule has 0 aliphatic carbocycles. The summed E-state index contributed by atoms with van der Waals surface area (Å²) in [5, 5.41) is 9.49. The van der Waals surface area contributed by atoms with Crippen LogP contribution in [0.15, 0.2) is 23.1 Å². The minimum Gasteiger partial charge on any atom is -0.377 e. The van der Waals surface area contributed by atoms with Crippen molar-refractivity contribution in [2.75, 3.05) is 30.4 Å². The smallest absolute Gasteiger partial charge is 0.103 e. The highest BCUT2D eigenvalue weighted by molar-refractivity contribution is 7.99. The fraction of sp³-hybridized carbons (Fsp3) is 0.533. The van der Waals surface area contributed by atoms with Gasteiger partial charge >= 0.3 is 0 Å². The minimum atomic E-state index is 0.378. The quantitative estimate of drug-likeness (QED) is 0.791. The zero-order valence-electron chi connectivity index (χ0n) is 11.6. The fourth-order valence-electron chi connectivity index (χ4n) is 2.46. The van der Waals surface area contributed by atoms with Gasteiger partial charge in [0, 0.05) is 11.4 Å². The molecule has 1 aromatic carbocycles. The van der Waals surface area contributed by atoms with Gasteiger partial charge in [0.2, 0.25) is 0 Å². The third kappa shape index (κ3) is 3.05. The predicted octanol–water partition coefficient (Wildman–Crippen LogP) is 3.29. The van der Waals surface area contributed by atoms with E-state index in [0.29, 0.717) is 6.04 Å². The lowest BCUT2D eigenvalue weighted by Gasteiger charge is -2.37. The first kappa shape index (κ1) is 14.2. The van der Waals surface area contributed by atoms with Crippen molar-refractivity contribution in [3.63, 3.8) is 0 Å². The second kappa shape index (κ2) is 6.83. The zero-order valence-corrected chi connectivity index (χ0v) is 12.4. The van der Waals surface area contributed by atoms with Gasteiger partial charge in [-0.15, -0.1) is 11.8 Å². The van der Waals surface area contributed by atoms with E-state index in [0.717, 1.165) is 48.1 Å². The molecule has 0 bridgehead atoms. The maximum absolute atomic E-state index is 9.49. The van der Waals surface area contributed by atoms with E-state index in [4.69, 9.17) is 4.74 Å². The molecule has 1 heterocycles. The Morgan fingerprint density at radius 3 is 3.00 bits per heavy atom. The molecule has 0 radical (unpaired) electrons. The minimum absolute atomic E-state index is 0.378. The molecule has 0 spiro atoms. The Morgan fingerprint density at radius 2 is 2.32 bits per heavy atom. The van der Waals surface area contributed by atoms with Crippen molar-refractivity contribution in [1.29, 1.82) is 5.26 Å². The van der Waals surface area contributed by atoms with Crippen LogP contribution in [0.1, 0.15) is 25.8 Å². The van der Waals surface area contributed by atoms with E-state index in [1.807, 2.05) is 6.07 Å². The van der Waals surface area contributed by atoms with E-state index in [2.05, 4.69) is 36.9 Å². The molecule has 1 saturated heterocycles. The van der Waals surface area contributed by atoms with Gasteiger partial charge in [-0.05, 0) is 24.3 Å². The zero-order chi connectivity index (χ0) is 13.7. The van der Waals surface area contributed by atoms with Gasteiger partial charge in [-0.2, -0.15) is 5.26 Å². The van der Waals surface area contributed by atoms with Gasteiger partial charge in [0.25, 0.3) is 0 Å². The van der Waals surface area contributed by atoms with Crippen molar-refractivity contribution in [3.05, 3.63) is 23.8 Å². The second-order valence-electron chi connectivity index (χ2n) is 4.53. The summed E-state index contributed by atoms with van der Waals surface area (Å²) in [5.41, 5.74) is 1.88. The molecule has 0 amide bonds. The van der Waals surface area contributed by atoms with Crippen LogP contribution < -0.4 is 4.90 Å². The summed E-state index contributed by atoms with van der Waals surface area (Å²) in [6, 6.07) is 8.92. The number of hydrogen-bond acceptors (Lipinski definition) is 4. The van der Waals surface area contributed by atoms with Crippen LogP contribution in [0, 0.1) is 11.3 Å². The average Bonchev–Trinajstić information content (AvgIpc) is 2.47. The van der Waals surface area contributed by atoms with Crippen molar-refractivity contribution >= 4 is 17.4 Å². The van der Waals surface area contributed by atoms with Gasteiger partial charge in [0.15, 0.2) is 0 Å². The lowest BCUT2D eigenvalue weighted by molar-refractivity contribution is 0.0929. The molecular formula is C15H20N2OS. The number of ether oxygens (including phenoxy) is 1. The molecule has 1 aromatic rings. The summed E-state index contributed by atoms with van der Waals surface area (Å²) >= 11 is 1.73. The van der Waals surface area contributed by atoms with Crippen LogP contribution in [0.5, 0.6) is 0 Å². The highest BCUT2D eigenvalue weighted by Gasteiger charge is 2.24. The van der Waals surface area contributed by atoms with E-state index >= 15 is 0 Å². The van der Waals surface area contributed by atoms with Crippen LogP contribution in [-0.4, -0.2) is 31.6 Å². The van der Waals surface area contributed by atoms with Crippen LogP contribution in [0.3, 0.4) is 0 Å². The van der Waals surface area contributed by atoms with Gasteiger partial charge < -0.3 is 9.64 Å². The first-order valence-electron chi connectivity index (χ1n) is 6.82. The van der Waals surface area contributed by atoms with Crippen LogP contribution in [0.2, 0.25) is 0 Å². The summed E-state index contributed by atoms with van der Waals surface area (Å²) < 4.78 is 5.55. The highest BCUT2D eigenvalue weighted by atomic mass is 32.2. The topological polar surface area (TPSA) is 36.3 Å². The van der Waals surface area contributed by atoms with Crippen molar-refractivity contribution in [3.8, 4) is 6.07 Å². The molecule has 0 aromatic heterocycles. The Hall–Kier alpha value is -1.18. The summed E-state index contributed by atoms with van der Waals surface area (Å²) in [6.45, 7) is 6.65. The van der Waals surface area contributed by atoms with E-state index < -0.39 is 0 Å². The Balaban J connectivity index is 2.37. The van der Waals surface area contributed by atoms with Crippen molar-refractivity contribution in [2.24, 2.45) is 0 Å². The lowest BCUT2D eigenvalue weighted by Crippen LogP contribution is -2.45. The number of hydrogen-bond donors (Lipinski definition) is 0. The van der Waals surface area contributed by atoms with Crippen LogP contribution in [-0.2, 0) is 4.74 Å². The molecule has 4 heteroatoms. The standard InChI is InChI=1S/C15H20N2OS/c1-3-12-11-18-9-8-17(12)14-6-5-7-15(19-4-2)13(14)10-16/h5-7,12H,3-4,8-9,11H2,1-2H3. The number of rotatable bonds is 4. The largest absolute Gasteiger partial charge is 0.377 e. The van der Waals surface area contributed by atoms with Gasteiger partial charge in [-0.1, -0.05) is 19.9 Å². The number of nitrogens with zero attached hydrogens (tertiary/aromatic N) is 2. The number of thioether (sulfide) groups is 1. The van der Waals surface area contributed by atoms with Gasteiger partial charge in [0.1, 0.15) is 6.07 Å². The molecule has 3 nitrogen and oxygen atoms in total. The number of benzene rings is 1. The third-order valence-corrected chi connectivity index (χ3v) is 4.36. The normalized spacial score (nSPS) is 19.2. The fourth-order valence-corrected chi connectivity index (χ4v) is 3.24. The molecule has 102 valence electrons. The van der Waals surface area contributed by atoms with Crippen LogP contribution >= 0.6 is 11.8 Å². The molecule has 19 heavy (non-hydrogen) atoms. The summed E-state index contributed by atoms with van der Waals surface area (Å²) in [7, 11) is 0. The van der Waals surface area contributed by atoms with Crippen molar-refractivity contribution in [2.45, 2.75) is 31.2 Å². The molecule has 0 N–H and O–H groups in total. The third-order valence-electron chi connectivity index (χ3n) is 3.42. The lowest BCUT2D eigenvalue weighted by atomic mass is 10.1. The number of morpholine rings is 1. The second-order valence-corrected chi connectivity index (χ2v) is 5.83. The number of nitriles is 1. The molecule has 1 atom stereocenters. The van der Waals surface area contributed by atoms with Crippen molar-refractivity contribution in [1.82, 2.24) is 0 Å². The maximum atomic E-state index is 9.49. The highest BCUT2D eigenvalue weighted by Crippen LogP contribution is 2.32.